The fourth-order valence-electron chi connectivity index (χ4n) is 3.23. The minimum absolute atomic E-state index is 0.0712. The third kappa shape index (κ3) is 4.39. The highest BCUT2D eigenvalue weighted by molar-refractivity contribution is 7.22. The van der Waals surface area contributed by atoms with Crippen LogP contribution in [0, 0.1) is 0 Å². The van der Waals surface area contributed by atoms with Gasteiger partial charge in [-0.1, -0.05) is 46.1 Å². The highest BCUT2D eigenvalue weighted by Gasteiger charge is 2.24. The van der Waals surface area contributed by atoms with Crippen LogP contribution in [0.5, 0.6) is 11.5 Å². The average molecular weight is 487 g/mol. The number of ether oxygens (including phenoxy) is 2. The SMILES string of the molecule is COc1c(Cl)ccc2sc(N3CCN(C(=O)COc4ccc(Cl)cc4Cl)CC3)nc12. The number of amides is 1. The van der Waals surface area contributed by atoms with Gasteiger partial charge in [-0.2, -0.15) is 0 Å². The van der Waals surface area contributed by atoms with E-state index in [-0.39, 0.29) is 12.5 Å². The van der Waals surface area contributed by atoms with Gasteiger partial charge in [-0.05, 0) is 30.3 Å². The first-order valence-corrected chi connectivity index (χ1v) is 11.1. The van der Waals surface area contributed by atoms with Crippen molar-refractivity contribution in [3.63, 3.8) is 0 Å². The second-order valence-corrected chi connectivity index (χ2v) is 8.92. The number of aromatic nitrogens is 1. The molecule has 0 N–H and O–H groups in total. The molecule has 1 aliphatic heterocycles. The van der Waals surface area contributed by atoms with E-state index in [2.05, 4.69) is 4.90 Å². The quantitative estimate of drug-likeness (QED) is 0.508. The Balaban J connectivity index is 1.36. The van der Waals surface area contributed by atoms with Gasteiger partial charge in [-0.15, -0.1) is 0 Å². The van der Waals surface area contributed by atoms with Crippen LogP contribution < -0.4 is 14.4 Å². The molecule has 0 saturated carbocycles. The fraction of sp³-hybridized carbons (Fsp3) is 0.300. The Morgan fingerprint density at radius 3 is 2.57 bits per heavy atom. The van der Waals surface area contributed by atoms with E-state index in [4.69, 9.17) is 49.3 Å². The molecule has 10 heteroatoms. The van der Waals surface area contributed by atoms with Crippen molar-refractivity contribution in [1.29, 1.82) is 0 Å². The lowest BCUT2D eigenvalue weighted by Gasteiger charge is -2.34. The number of rotatable bonds is 5. The largest absolute Gasteiger partial charge is 0.493 e. The molecule has 0 bridgehead atoms. The third-order valence-corrected chi connectivity index (χ3v) is 6.72. The van der Waals surface area contributed by atoms with Crippen LogP contribution in [0.2, 0.25) is 15.1 Å². The van der Waals surface area contributed by atoms with Gasteiger partial charge in [0.15, 0.2) is 17.5 Å². The van der Waals surface area contributed by atoms with Crippen molar-refractivity contribution in [2.24, 2.45) is 0 Å². The predicted molar refractivity (Wildman–Crippen MR) is 122 cm³/mol. The summed E-state index contributed by atoms with van der Waals surface area (Å²) in [4.78, 5) is 21.2. The number of hydrogen-bond acceptors (Lipinski definition) is 6. The van der Waals surface area contributed by atoms with Gasteiger partial charge in [0.25, 0.3) is 5.91 Å². The molecule has 1 fully saturated rings. The number of carbonyl (C=O) groups is 1. The number of anilines is 1. The van der Waals surface area contributed by atoms with Gasteiger partial charge in [-0.3, -0.25) is 4.79 Å². The molecule has 1 aliphatic rings. The summed E-state index contributed by atoms with van der Waals surface area (Å²) < 4.78 is 12.0. The van der Waals surface area contributed by atoms with E-state index in [0.717, 1.165) is 15.3 Å². The van der Waals surface area contributed by atoms with E-state index in [1.165, 1.54) is 0 Å². The Bertz CT molecular complexity index is 1080. The minimum Gasteiger partial charge on any atom is -0.493 e. The molecule has 2 heterocycles. The number of hydrogen-bond donors (Lipinski definition) is 0. The number of fused-ring (bicyclic) bond motifs is 1. The zero-order chi connectivity index (χ0) is 21.3. The Kier molecular flexibility index (Phi) is 6.43. The maximum atomic E-state index is 12.5. The number of nitrogens with zero attached hydrogens (tertiary/aromatic N) is 3. The third-order valence-electron chi connectivity index (χ3n) is 4.81. The molecule has 3 aromatic rings. The van der Waals surface area contributed by atoms with Crippen LogP contribution in [0.3, 0.4) is 0 Å². The number of benzene rings is 2. The first-order chi connectivity index (χ1) is 14.5. The van der Waals surface area contributed by atoms with Crippen LogP contribution in [0.4, 0.5) is 5.13 Å². The number of thiazole rings is 1. The molecule has 0 spiro atoms. The van der Waals surface area contributed by atoms with Crippen molar-refractivity contribution in [1.82, 2.24) is 9.88 Å². The summed E-state index contributed by atoms with van der Waals surface area (Å²) in [6.07, 6.45) is 0. The minimum atomic E-state index is -0.0848. The summed E-state index contributed by atoms with van der Waals surface area (Å²) in [7, 11) is 1.59. The highest BCUT2D eigenvalue weighted by atomic mass is 35.5. The second kappa shape index (κ2) is 9.06. The predicted octanol–water partition coefficient (Wildman–Crippen LogP) is 4.99. The molecular formula is C20H18Cl3N3O3S. The average Bonchev–Trinajstić information content (AvgIpc) is 3.17. The molecule has 2 aromatic carbocycles. The summed E-state index contributed by atoms with van der Waals surface area (Å²) >= 11 is 19.7. The lowest BCUT2D eigenvalue weighted by molar-refractivity contribution is -0.133. The second-order valence-electron chi connectivity index (χ2n) is 6.66. The summed E-state index contributed by atoms with van der Waals surface area (Å²) in [5.41, 5.74) is 0.761. The molecule has 158 valence electrons. The van der Waals surface area contributed by atoms with Gasteiger partial charge < -0.3 is 19.3 Å². The van der Waals surface area contributed by atoms with Gasteiger partial charge >= 0.3 is 0 Å². The molecule has 1 amide bonds. The molecule has 6 nitrogen and oxygen atoms in total. The molecular weight excluding hydrogens is 469 g/mol. The van der Waals surface area contributed by atoms with Crippen LogP contribution in [0.1, 0.15) is 0 Å². The van der Waals surface area contributed by atoms with E-state index < -0.39 is 0 Å². The highest BCUT2D eigenvalue weighted by Crippen LogP contribution is 2.38. The van der Waals surface area contributed by atoms with Crippen molar-refractivity contribution in [3.8, 4) is 11.5 Å². The monoisotopic (exact) mass is 485 g/mol. The van der Waals surface area contributed by atoms with Crippen LogP contribution in [0.25, 0.3) is 10.2 Å². The number of piperazine rings is 1. The first kappa shape index (κ1) is 21.3. The molecule has 0 aliphatic carbocycles. The van der Waals surface area contributed by atoms with E-state index >= 15 is 0 Å². The van der Waals surface area contributed by atoms with Crippen molar-refractivity contribution in [2.75, 3.05) is 44.8 Å². The normalized spacial score (nSPS) is 14.3. The zero-order valence-corrected chi connectivity index (χ0v) is 19.1. The maximum absolute atomic E-state index is 12.5. The Morgan fingerprint density at radius 2 is 1.87 bits per heavy atom. The Morgan fingerprint density at radius 1 is 1.10 bits per heavy atom. The van der Waals surface area contributed by atoms with Crippen LogP contribution in [0.15, 0.2) is 30.3 Å². The first-order valence-electron chi connectivity index (χ1n) is 9.20. The van der Waals surface area contributed by atoms with E-state index in [1.54, 1.807) is 41.5 Å². The van der Waals surface area contributed by atoms with E-state index in [1.807, 2.05) is 12.1 Å². The maximum Gasteiger partial charge on any atom is 0.260 e. The summed E-state index contributed by atoms with van der Waals surface area (Å²) in [5.74, 6) is 0.942. The van der Waals surface area contributed by atoms with Crippen LogP contribution >= 0.6 is 46.1 Å². The zero-order valence-electron chi connectivity index (χ0n) is 16.0. The molecule has 0 radical (unpaired) electrons. The molecule has 1 aromatic heterocycles. The molecule has 0 unspecified atom stereocenters. The number of halogens is 3. The Hall–Kier alpha value is -1.93. The van der Waals surface area contributed by atoms with Gasteiger partial charge in [0.05, 0.1) is 21.9 Å². The molecule has 1 saturated heterocycles. The summed E-state index contributed by atoms with van der Waals surface area (Å²) in [6.45, 7) is 2.47. The van der Waals surface area contributed by atoms with Crippen LogP contribution in [-0.2, 0) is 4.79 Å². The smallest absolute Gasteiger partial charge is 0.260 e. The van der Waals surface area contributed by atoms with Gasteiger partial charge in [-0.25, -0.2) is 4.98 Å². The lowest BCUT2D eigenvalue weighted by atomic mass is 10.3. The van der Waals surface area contributed by atoms with E-state index in [9.17, 15) is 4.79 Å². The standard InChI is InChI=1S/C20H18Cl3N3O3S/c1-28-19-13(22)3-5-16-18(19)24-20(30-16)26-8-6-25(7-9-26)17(27)11-29-15-4-2-12(21)10-14(15)23/h2-5,10H,6-9,11H2,1H3. The summed E-state index contributed by atoms with van der Waals surface area (Å²) in [6, 6.07) is 8.67. The van der Waals surface area contributed by atoms with Gasteiger partial charge in [0.1, 0.15) is 11.3 Å². The van der Waals surface area contributed by atoms with Crippen LogP contribution in [-0.4, -0.2) is 55.7 Å². The van der Waals surface area contributed by atoms with Crippen molar-refractivity contribution < 1.29 is 14.3 Å². The van der Waals surface area contributed by atoms with Gasteiger partial charge in [0.2, 0.25) is 0 Å². The molecule has 0 atom stereocenters. The molecule has 4 rings (SSSR count). The van der Waals surface area contributed by atoms with Gasteiger partial charge in [0, 0.05) is 31.2 Å². The van der Waals surface area contributed by atoms with E-state index in [0.29, 0.717) is 52.7 Å². The van der Waals surface area contributed by atoms with Crippen molar-refractivity contribution in [3.05, 3.63) is 45.4 Å². The number of methoxy groups -OCH3 is 1. The fourth-order valence-corrected chi connectivity index (χ4v) is 4.94. The van der Waals surface area contributed by atoms with Crippen molar-refractivity contribution in [2.45, 2.75) is 0 Å². The van der Waals surface area contributed by atoms with Crippen molar-refractivity contribution >= 4 is 67.4 Å². The topological polar surface area (TPSA) is 54.9 Å². The lowest BCUT2D eigenvalue weighted by Crippen LogP contribution is -2.50. The number of carbonyl (C=O) groups excluding carboxylic acids is 1. The summed E-state index contributed by atoms with van der Waals surface area (Å²) in [5, 5.41) is 2.33. The Labute approximate surface area is 192 Å². The molecule has 30 heavy (non-hydrogen) atoms.